The topological polar surface area (TPSA) is 54.7 Å². The minimum atomic E-state index is 0.121. The molecule has 1 aromatic rings. The number of rotatable bonds is 5. The number of amides is 1. The van der Waals surface area contributed by atoms with Gasteiger partial charge in [0.1, 0.15) is 11.5 Å². The highest BCUT2D eigenvalue weighted by Gasteiger charge is 2.36. The number of morpholine rings is 1. The first-order valence-corrected chi connectivity index (χ1v) is 7.77. The SMILES string of the molecule is CC1CC1c1ccc(CN(C)C(=O)CC2COCCN2)o1. The number of nitrogens with one attached hydrogen (secondary N) is 1. The Bertz CT molecular complexity index is 493. The van der Waals surface area contributed by atoms with Gasteiger partial charge in [-0.2, -0.15) is 0 Å². The number of ether oxygens (including phenoxy) is 1. The van der Waals surface area contributed by atoms with E-state index in [0.29, 0.717) is 25.5 Å². The quantitative estimate of drug-likeness (QED) is 0.898. The fraction of sp³-hybridized carbons (Fsp3) is 0.688. The predicted octanol–water partition coefficient (Wildman–Crippen LogP) is 1.74. The van der Waals surface area contributed by atoms with Gasteiger partial charge in [0.25, 0.3) is 0 Å². The molecule has 21 heavy (non-hydrogen) atoms. The van der Waals surface area contributed by atoms with Crippen molar-refractivity contribution in [1.29, 1.82) is 0 Å². The van der Waals surface area contributed by atoms with Gasteiger partial charge in [-0.05, 0) is 24.5 Å². The summed E-state index contributed by atoms with van der Waals surface area (Å²) in [4.78, 5) is 13.9. The van der Waals surface area contributed by atoms with Crippen LogP contribution in [0.1, 0.15) is 37.2 Å². The third-order valence-electron chi connectivity index (χ3n) is 4.40. The Hall–Kier alpha value is -1.33. The summed E-state index contributed by atoms with van der Waals surface area (Å²) < 4.78 is 11.2. The van der Waals surface area contributed by atoms with Crippen molar-refractivity contribution in [3.8, 4) is 0 Å². The highest BCUT2D eigenvalue weighted by atomic mass is 16.5. The summed E-state index contributed by atoms with van der Waals surface area (Å²) in [5, 5.41) is 3.30. The molecule has 5 nitrogen and oxygen atoms in total. The van der Waals surface area contributed by atoms with Gasteiger partial charge in [-0.3, -0.25) is 4.79 Å². The normalized spacial score (nSPS) is 28.4. The van der Waals surface area contributed by atoms with Crippen molar-refractivity contribution < 1.29 is 13.9 Å². The van der Waals surface area contributed by atoms with Crippen molar-refractivity contribution in [3.63, 3.8) is 0 Å². The molecule has 2 aliphatic rings. The van der Waals surface area contributed by atoms with E-state index in [4.69, 9.17) is 9.15 Å². The molecular formula is C16H24N2O3. The van der Waals surface area contributed by atoms with E-state index in [0.717, 1.165) is 30.6 Å². The van der Waals surface area contributed by atoms with Crippen LogP contribution < -0.4 is 5.32 Å². The zero-order valence-electron chi connectivity index (χ0n) is 12.8. The van der Waals surface area contributed by atoms with Gasteiger partial charge in [0, 0.05) is 32.0 Å². The van der Waals surface area contributed by atoms with E-state index >= 15 is 0 Å². The van der Waals surface area contributed by atoms with Gasteiger partial charge in [0.2, 0.25) is 5.91 Å². The first-order chi connectivity index (χ1) is 10.1. The summed E-state index contributed by atoms with van der Waals surface area (Å²) in [7, 11) is 1.83. The largest absolute Gasteiger partial charge is 0.464 e. The molecular weight excluding hydrogens is 268 g/mol. The Morgan fingerprint density at radius 1 is 1.48 bits per heavy atom. The Morgan fingerprint density at radius 3 is 2.95 bits per heavy atom. The highest BCUT2D eigenvalue weighted by molar-refractivity contribution is 5.76. The van der Waals surface area contributed by atoms with Crippen LogP contribution in [0.4, 0.5) is 0 Å². The summed E-state index contributed by atoms with van der Waals surface area (Å²) in [6.45, 7) is 4.94. The summed E-state index contributed by atoms with van der Waals surface area (Å²) >= 11 is 0. The molecule has 3 unspecified atom stereocenters. The molecule has 1 N–H and O–H groups in total. The maximum atomic E-state index is 12.2. The number of carbonyl (C=O) groups is 1. The minimum Gasteiger partial charge on any atom is -0.464 e. The Balaban J connectivity index is 1.49. The monoisotopic (exact) mass is 292 g/mol. The lowest BCUT2D eigenvalue weighted by atomic mass is 10.2. The molecule has 2 heterocycles. The van der Waals surface area contributed by atoms with E-state index in [2.05, 4.69) is 18.3 Å². The fourth-order valence-electron chi connectivity index (χ4n) is 2.84. The van der Waals surface area contributed by atoms with Gasteiger partial charge in [0.05, 0.1) is 19.8 Å². The van der Waals surface area contributed by atoms with E-state index < -0.39 is 0 Å². The van der Waals surface area contributed by atoms with Gasteiger partial charge in [-0.1, -0.05) is 6.92 Å². The lowest BCUT2D eigenvalue weighted by Crippen LogP contribution is -2.44. The fourth-order valence-corrected chi connectivity index (χ4v) is 2.84. The first kappa shape index (κ1) is 14.6. The molecule has 1 aliphatic carbocycles. The molecule has 1 aromatic heterocycles. The van der Waals surface area contributed by atoms with Crippen molar-refractivity contribution in [2.75, 3.05) is 26.8 Å². The summed E-state index contributed by atoms with van der Waals surface area (Å²) in [5.74, 6) is 3.38. The van der Waals surface area contributed by atoms with Gasteiger partial charge in [-0.25, -0.2) is 0 Å². The standard InChI is InChI=1S/C16H24N2O3/c1-11-7-14(11)15-4-3-13(21-15)9-18(2)16(19)8-12-10-20-6-5-17-12/h3-4,11-12,14,17H,5-10H2,1-2H3. The van der Waals surface area contributed by atoms with Gasteiger partial charge < -0.3 is 19.4 Å². The first-order valence-electron chi connectivity index (χ1n) is 7.77. The van der Waals surface area contributed by atoms with E-state index in [-0.39, 0.29) is 11.9 Å². The molecule has 0 bridgehead atoms. The number of furan rings is 1. The van der Waals surface area contributed by atoms with E-state index in [1.807, 2.05) is 13.1 Å². The molecule has 1 saturated carbocycles. The molecule has 5 heteroatoms. The number of carbonyl (C=O) groups excluding carboxylic acids is 1. The molecule has 0 radical (unpaired) electrons. The smallest absolute Gasteiger partial charge is 0.224 e. The molecule has 0 aromatic carbocycles. The van der Waals surface area contributed by atoms with Crippen molar-refractivity contribution in [2.45, 2.75) is 38.3 Å². The number of nitrogens with zero attached hydrogens (tertiary/aromatic N) is 1. The predicted molar refractivity (Wildman–Crippen MR) is 78.9 cm³/mol. The molecule has 0 spiro atoms. The Labute approximate surface area is 125 Å². The van der Waals surface area contributed by atoms with Crippen molar-refractivity contribution in [2.24, 2.45) is 5.92 Å². The maximum Gasteiger partial charge on any atom is 0.224 e. The number of hydrogen-bond acceptors (Lipinski definition) is 4. The summed E-state index contributed by atoms with van der Waals surface area (Å²) in [5.41, 5.74) is 0. The minimum absolute atomic E-state index is 0.121. The summed E-state index contributed by atoms with van der Waals surface area (Å²) in [6, 6.07) is 4.18. The second-order valence-corrected chi connectivity index (χ2v) is 6.30. The summed E-state index contributed by atoms with van der Waals surface area (Å²) in [6.07, 6.45) is 1.69. The second-order valence-electron chi connectivity index (χ2n) is 6.30. The molecule has 116 valence electrons. The maximum absolute atomic E-state index is 12.2. The van der Waals surface area contributed by atoms with E-state index in [9.17, 15) is 4.79 Å². The number of hydrogen-bond donors (Lipinski definition) is 1. The van der Waals surface area contributed by atoms with Crippen LogP contribution >= 0.6 is 0 Å². The Kier molecular flexibility index (Phi) is 4.31. The molecule has 2 fully saturated rings. The van der Waals surface area contributed by atoms with Crippen molar-refractivity contribution in [1.82, 2.24) is 10.2 Å². The average molecular weight is 292 g/mol. The van der Waals surface area contributed by atoms with Crippen LogP contribution in [0.15, 0.2) is 16.5 Å². The molecule has 1 saturated heterocycles. The van der Waals surface area contributed by atoms with Crippen LogP contribution in [-0.2, 0) is 16.1 Å². The third-order valence-corrected chi connectivity index (χ3v) is 4.40. The van der Waals surface area contributed by atoms with Crippen molar-refractivity contribution in [3.05, 3.63) is 23.7 Å². The zero-order chi connectivity index (χ0) is 14.8. The third kappa shape index (κ3) is 3.66. The van der Waals surface area contributed by atoms with E-state index in [1.165, 1.54) is 6.42 Å². The van der Waals surface area contributed by atoms with Gasteiger partial charge >= 0.3 is 0 Å². The molecule has 3 atom stereocenters. The molecule has 1 amide bonds. The van der Waals surface area contributed by atoms with Gasteiger partial charge in [-0.15, -0.1) is 0 Å². The molecule has 3 rings (SSSR count). The zero-order valence-corrected chi connectivity index (χ0v) is 12.8. The average Bonchev–Trinajstić information content (AvgIpc) is 3.03. The van der Waals surface area contributed by atoms with E-state index in [1.54, 1.807) is 4.90 Å². The van der Waals surface area contributed by atoms with Crippen molar-refractivity contribution >= 4 is 5.91 Å². The van der Waals surface area contributed by atoms with Crippen LogP contribution in [0.2, 0.25) is 0 Å². The van der Waals surface area contributed by atoms with Crippen LogP contribution in [0.25, 0.3) is 0 Å². The highest BCUT2D eigenvalue weighted by Crippen LogP contribution is 2.47. The van der Waals surface area contributed by atoms with Gasteiger partial charge in [0.15, 0.2) is 0 Å². The second kappa shape index (κ2) is 6.20. The lowest BCUT2D eigenvalue weighted by Gasteiger charge is -2.25. The Morgan fingerprint density at radius 2 is 2.29 bits per heavy atom. The lowest BCUT2D eigenvalue weighted by molar-refractivity contribution is -0.131. The van der Waals surface area contributed by atoms with Crippen LogP contribution in [0, 0.1) is 5.92 Å². The van der Waals surface area contributed by atoms with Crippen LogP contribution in [0.3, 0.4) is 0 Å². The van der Waals surface area contributed by atoms with Crippen LogP contribution in [0.5, 0.6) is 0 Å². The van der Waals surface area contributed by atoms with Crippen LogP contribution in [-0.4, -0.2) is 43.7 Å². The molecule has 1 aliphatic heterocycles.